The van der Waals surface area contributed by atoms with Crippen molar-refractivity contribution in [1.29, 1.82) is 0 Å². The van der Waals surface area contributed by atoms with Gasteiger partial charge in [0.2, 0.25) is 0 Å². The Morgan fingerprint density at radius 1 is 1.19 bits per heavy atom. The molecule has 0 aliphatic heterocycles. The Balaban J connectivity index is 1.88. The molecule has 106 valence electrons. The fourth-order valence-electron chi connectivity index (χ4n) is 2.01. The molecule has 0 bridgehead atoms. The van der Waals surface area contributed by atoms with Crippen LogP contribution < -0.4 is 5.32 Å². The molecule has 0 aliphatic carbocycles. The van der Waals surface area contributed by atoms with Crippen LogP contribution in [0.2, 0.25) is 5.15 Å². The number of benzene rings is 1. The quantitative estimate of drug-likeness (QED) is 0.721. The van der Waals surface area contributed by atoms with Gasteiger partial charge in [-0.25, -0.2) is 9.97 Å². The first kappa shape index (κ1) is 13.6. The van der Waals surface area contributed by atoms with E-state index in [1.54, 1.807) is 12.3 Å². The molecule has 0 aliphatic rings. The summed E-state index contributed by atoms with van der Waals surface area (Å²) in [6.07, 6.45) is 3.62. The number of hydrogen-bond donors (Lipinski definition) is 2. The normalized spacial score (nSPS) is 12.1. The lowest BCUT2D eigenvalue weighted by atomic mass is 10.2. The van der Waals surface area contributed by atoms with Gasteiger partial charge in [-0.3, -0.25) is 5.10 Å². The van der Waals surface area contributed by atoms with E-state index >= 15 is 0 Å². The van der Waals surface area contributed by atoms with Crippen LogP contribution in [0.4, 0.5) is 5.82 Å². The van der Waals surface area contributed by atoms with Gasteiger partial charge in [-0.05, 0) is 6.92 Å². The van der Waals surface area contributed by atoms with Gasteiger partial charge in [-0.2, -0.15) is 5.10 Å². The van der Waals surface area contributed by atoms with Crippen molar-refractivity contribution in [2.75, 3.05) is 5.32 Å². The minimum atomic E-state index is 0.0679. The highest BCUT2D eigenvalue weighted by atomic mass is 35.5. The summed E-state index contributed by atoms with van der Waals surface area (Å²) in [5, 5.41) is 10.4. The van der Waals surface area contributed by atoms with Gasteiger partial charge in [0.05, 0.1) is 12.2 Å². The Morgan fingerprint density at radius 3 is 2.71 bits per heavy atom. The number of H-pyrrole nitrogens is 1. The molecule has 0 spiro atoms. The van der Waals surface area contributed by atoms with E-state index in [1.165, 1.54) is 0 Å². The molecule has 1 unspecified atom stereocenters. The summed E-state index contributed by atoms with van der Waals surface area (Å²) in [6, 6.07) is 11.5. The molecule has 3 rings (SSSR count). The van der Waals surface area contributed by atoms with Crippen LogP contribution in [-0.2, 0) is 0 Å². The number of nitrogens with one attached hydrogen (secondary N) is 2. The maximum Gasteiger partial charge on any atom is 0.163 e. The number of halogens is 1. The fraction of sp³-hybridized carbons (Fsp3) is 0.133. The first-order chi connectivity index (χ1) is 10.2. The maximum absolute atomic E-state index is 6.10. The number of nitrogens with zero attached hydrogens (tertiary/aromatic N) is 3. The number of aromatic amines is 1. The second-order valence-electron chi connectivity index (χ2n) is 4.66. The molecule has 0 saturated heterocycles. The van der Waals surface area contributed by atoms with Gasteiger partial charge in [0.1, 0.15) is 11.0 Å². The molecule has 5 nitrogen and oxygen atoms in total. The number of rotatable bonds is 4. The SMILES string of the molecule is CC(Nc1cc(Cl)nc(-c2ccccc2)n1)c1cn[nH]c1. The Hall–Kier alpha value is -2.40. The molecule has 2 aromatic heterocycles. The highest BCUT2D eigenvalue weighted by Crippen LogP contribution is 2.23. The van der Waals surface area contributed by atoms with Crippen LogP contribution in [0.1, 0.15) is 18.5 Å². The van der Waals surface area contributed by atoms with Gasteiger partial charge in [0.25, 0.3) is 0 Å². The molecule has 0 amide bonds. The van der Waals surface area contributed by atoms with Gasteiger partial charge >= 0.3 is 0 Å². The first-order valence-corrected chi connectivity index (χ1v) is 6.95. The van der Waals surface area contributed by atoms with Crippen molar-refractivity contribution in [3.05, 3.63) is 59.5 Å². The smallest absolute Gasteiger partial charge is 0.163 e. The van der Waals surface area contributed by atoms with E-state index in [1.807, 2.05) is 43.5 Å². The molecule has 1 atom stereocenters. The Morgan fingerprint density at radius 2 is 2.00 bits per heavy atom. The van der Waals surface area contributed by atoms with Gasteiger partial charge in [-0.15, -0.1) is 0 Å². The summed E-state index contributed by atoms with van der Waals surface area (Å²) in [4.78, 5) is 8.79. The third kappa shape index (κ3) is 3.20. The molecule has 2 N–H and O–H groups in total. The van der Waals surface area contributed by atoms with Crippen molar-refractivity contribution in [2.24, 2.45) is 0 Å². The third-order valence-electron chi connectivity index (χ3n) is 3.11. The predicted octanol–water partition coefficient (Wildman–Crippen LogP) is 3.69. The van der Waals surface area contributed by atoms with Crippen LogP contribution in [0.25, 0.3) is 11.4 Å². The second-order valence-corrected chi connectivity index (χ2v) is 5.05. The Kier molecular flexibility index (Phi) is 3.83. The average molecular weight is 300 g/mol. The first-order valence-electron chi connectivity index (χ1n) is 6.57. The largest absolute Gasteiger partial charge is 0.363 e. The minimum Gasteiger partial charge on any atom is -0.363 e. The van der Waals surface area contributed by atoms with Crippen molar-refractivity contribution in [1.82, 2.24) is 20.2 Å². The average Bonchev–Trinajstić information content (AvgIpc) is 3.02. The van der Waals surface area contributed by atoms with Crippen molar-refractivity contribution in [2.45, 2.75) is 13.0 Å². The molecule has 1 aromatic carbocycles. The van der Waals surface area contributed by atoms with E-state index < -0.39 is 0 Å². The van der Waals surface area contributed by atoms with Gasteiger partial charge < -0.3 is 5.32 Å². The lowest BCUT2D eigenvalue weighted by molar-refractivity contribution is 0.874. The highest BCUT2D eigenvalue weighted by molar-refractivity contribution is 6.29. The number of aromatic nitrogens is 4. The van der Waals surface area contributed by atoms with Crippen molar-refractivity contribution in [3.8, 4) is 11.4 Å². The van der Waals surface area contributed by atoms with Crippen LogP contribution in [0.15, 0.2) is 48.8 Å². The molecular formula is C15H14ClN5. The third-order valence-corrected chi connectivity index (χ3v) is 3.30. The van der Waals surface area contributed by atoms with E-state index in [2.05, 4.69) is 25.5 Å². The summed E-state index contributed by atoms with van der Waals surface area (Å²) < 4.78 is 0. The molecule has 6 heteroatoms. The summed E-state index contributed by atoms with van der Waals surface area (Å²) in [7, 11) is 0. The molecule has 0 radical (unpaired) electrons. The number of hydrogen-bond acceptors (Lipinski definition) is 4. The highest BCUT2D eigenvalue weighted by Gasteiger charge is 2.10. The Labute approximate surface area is 127 Å². The Bertz CT molecular complexity index is 712. The van der Waals surface area contributed by atoms with Crippen molar-refractivity contribution < 1.29 is 0 Å². The molecule has 2 heterocycles. The summed E-state index contributed by atoms with van der Waals surface area (Å²) in [6.45, 7) is 2.03. The van der Waals surface area contributed by atoms with E-state index in [4.69, 9.17) is 11.6 Å². The summed E-state index contributed by atoms with van der Waals surface area (Å²) in [5.74, 6) is 1.28. The van der Waals surface area contributed by atoms with Crippen LogP contribution in [0.5, 0.6) is 0 Å². The van der Waals surface area contributed by atoms with E-state index in [-0.39, 0.29) is 6.04 Å². The van der Waals surface area contributed by atoms with E-state index in [0.717, 1.165) is 11.1 Å². The fourth-order valence-corrected chi connectivity index (χ4v) is 2.19. The van der Waals surface area contributed by atoms with Crippen LogP contribution in [-0.4, -0.2) is 20.2 Å². The van der Waals surface area contributed by atoms with Crippen LogP contribution in [0, 0.1) is 0 Å². The monoisotopic (exact) mass is 299 g/mol. The molecular weight excluding hydrogens is 286 g/mol. The summed E-state index contributed by atoms with van der Waals surface area (Å²) in [5.41, 5.74) is 1.98. The zero-order valence-electron chi connectivity index (χ0n) is 11.4. The molecule has 0 fully saturated rings. The van der Waals surface area contributed by atoms with Gasteiger partial charge in [0, 0.05) is 23.4 Å². The second kappa shape index (κ2) is 5.93. The minimum absolute atomic E-state index is 0.0679. The van der Waals surface area contributed by atoms with Crippen molar-refractivity contribution in [3.63, 3.8) is 0 Å². The number of anilines is 1. The zero-order chi connectivity index (χ0) is 14.7. The zero-order valence-corrected chi connectivity index (χ0v) is 12.2. The van der Waals surface area contributed by atoms with E-state index in [0.29, 0.717) is 16.8 Å². The molecule has 0 saturated carbocycles. The summed E-state index contributed by atoms with van der Waals surface area (Å²) >= 11 is 6.10. The topological polar surface area (TPSA) is 66.5 Å². The van der Waals surface area contributed by atoms with Crippen molar-refractivity contribution >= 4 is 17.4 Å². The molecule has 21 heavy (non-hydrogen) atoms. The maximum atomic E-state index is 6.10. The van der Waals surface area contributed by atoms with E-state index in [9.17, 15) is 0 Å². The lowest BCUT2D eigenvalue weighted by Gasteiger charge is -2.13. The van der Waals surface area contributed by atoms with Gasteiger partial charge in [-0.1, -0.05) is 41.9 Å². The van der Waals surface area contributed by atoms with Crippen LogP contribution >= 0.6 is 11.6 Å². The molecule has 3 aromatic rings. The standard InChI is InChI=1S/C15H14ClN5/c1-10(12-8-17-18-9-12)19-14-7-13(16)20-15(21-14)11-5-3-2-4-6-11/h2-10H,1H3,(H,17,18)(H,19,20,21). The van der Waals surface area contributed by atoms with Crippen LogP contribution in [0.3, 0.4) is 0 Å². The van der Waals surface area contributed by atoms with Gasteiger partial charge in [0.15, 0.2) is 5.82 Å². The lowest BCUT2D eigenvalue weighted by Crippen LogP contribution is -2.08. The predicted molar refractivity (Wildman–Crippen MR) is 83.1 cm³/mol.